The molecule has 0 fully saturated rings. The highest BCUT2D eigenvalue weighted by Gasteiger charge is 2.31. The summed E-state index contributed by atoms with van der Waals surface area (Å²) in [5.41, 5.74) is -0.629. The Bertz CT molecular complexity index is 612. The third kappa shape index (κ3) is 3.18. The second-order valence-corrected chi connectivity index (χ2v) is 5.11. The fourth-order valence-corrected chi connectivity index (χ4v) is 2.27. The molecular formula is C12H11BrF3N3O. The Morgan fingerprint density at radius 1 is 1.40 bits per heavy atom. The van der Waals surface area contributed by atoms with Crippen molar-refractivity contribution in [1.29, 1.82) is 0 Å². The minimum Gasteiger partial charge on any atom is -0.388 e. The van der Waals surface area contributed by atoms with Crippen molar-refractivity contribution >= 4 is 15.9 Å². The van der Waals surface area contributed by atoms with Gasteiger partial charge in [0.2, 0.25) is 0 Å². The molecule has 1 aromatic heterocycles. The van der Waals surface area contributed by atoms with Gasteiger partial charge in [0.25, 0.3) is 0 Å². The second kappa shape index (κ2) is 5.53. The van der Waals surface area contributed by atoms with E-state index in [1.807, 2.05) is 0 Å². The molecule has 1 atom stereocenters. The average molecular weight is 350 g/mol. The van der Waals surface area contributed by atoms with Crippen LogP contribution in [0.2, 0.25) is 0 Å². The Kier molecular flexibility index (Phi) is 4.14. The standard InChI is InChI=1S/C12H11BrF3N3O/c1-19-11(17-6-18-19)5-10(20)8-4-7(12(14,15)16)2-3-9(8)13/h2-4,6,10,20H,5H2,1H3. The number of hydrogen-bond acceptors (Lipinski definition) is 3. The minimum absolute atomic E-state index is 0.0798. The molecule has 0 spiro atoms. The summed E-state index contributed by atoms with van der Waals surface area (Å²) >= 11 is 3.15. The van der Waals surface area contributed by atoms with Crippen molar-refractivity contribution in [3.63, 3.8) is 0 Å². The van der Waals surface area contributed by atoms with E-state index in [0.717, 1.165) is 12.1 Å². The van der Waals surface area contributed by atoms with E-state index in [9.17, 15) is 18.3 Å². The summed E-state index contributed by atoms with van der Waals surface area (Å²) in [6.07, 6.45) is -4.14. The van der Waals surface area contributed by atoms with E-state index >= 15 is 0 Å². The van der Waals surface area contributed by atoms with Crippen LogP contribution in [0, 0.1) is 0 Å². The van der Waals surface area contributed by atoms with Crippen LogP contribution >= 0.6 is 15.9 Å². The third-order valence-corrected chi connectivity index (χ3v) is 3.59. The zero-order valence-electron chi connectivity index (χ0n) is 10.4. The van der Waals surface area contributed by atoms with Crippen LogP contribution in [-0.4, -0.2) is 19.9 Å². The first-order chi connectivity index (χ1) is 9.29. The molecule has 0 aliphatic heterocycles. The van der Waals surface area contributed by atoms with Gasteiger partial charge in [0.1, 0.15) is 12.2 Å². The lowest BCUT2D eigenvalue weighted by atomic mass is 10.0. The SMILES string of the molecule is Cn1ncnc1CC(O)c1cc(C(F)(F)F)ccc1Br. The summed E-state index contributed by atoms with van der Waals surface area (Å²) < 4.78 is 39.9. The minimum atomic E-state index is -4.44. The normalized spacial score (nSPS) is 13.5. The maximum Gasteiger partial charge on any atom is 0.416 e. The van der Waals surface area contributed by atoms with Gasteiger partial charge in [-0.15, -0.1) is 0 Å². The van der Waals surface area contributed by atoms with Gasteiger partial charge in [-0.2, -0.15) is 18.3 Å². The van der Waals surface area contributed by atoms with Gasteiger partial charge in [0, 0.05) is 17.9 Å². The zero-order valence-corrected chi connectivity index (χ0v) is 12.0. The van der Waals surface area contributed by atoms with Crippen LogP contribution < -0.4 is 0 Å². The highest BCUT2D eigenvalue weighted by molar-refractivity contribution is 9.10. The molecule has 0 bridgehead atoms. The third-order valence-electron chi connectivity index (χ3n) is 2.86. The Labute approximate surface area is 121 Å². The number of alkyl halides is 3. The van der Waals surface area contributed by atoms with Crippen LogP contribution in [0.1, 0.15) is 23.1 Å². The summed E-state index contributed by atoms with van der Waals surface area (Å²) in [7, 11) is 1.65. The quantitative estimate of drug-likeness (QED) is 0.926. The van der Waals surface area contributed by atoms with Crippen molar-refractivity contribution in [2.24, 2.45) is 7.05 Å². The van der Waals surface area contributed by atoms with Gasteiger partial charge in [-0.3, -0.25) is 4.68 Å². The first kappa shape index (κ1) is 15.0. The van der Waals surface area contributed by atoms with E-state index in [1.54, 1.807) is 7.05 Å². The fourth-order valence-electron chi connectivity index (χ4n) is 1.76. The number of aliphatic hydroxyl groups excluding tert-OH is 1. The second-order valence-electron chi connectivity index (χ2n) is 4.25. The van der Waals surface area contributed by atoms with Crippen molar-refractivity contribution < 1.29 is 18.3 Å². The van der Waals surface area contributed by atoms with Crippen molar-refractivity contribution in [1.82, 2.24) is 14.8 Å². The molecule has 0 amide bonds. The highest BCUT2D eigenvalue weighted by atomic mass is 79.9. The molecule has 0 aliphatic rings. The predicted octanol–water partition coefficient (Wildman–Crippen LogP) is 2.87. The monoisotopic (exact) mass is 349 g/mol. The lowest BCUT2D eigenvalue weighted by Gasteiger charge is -2.15. The van der Waals surface area contributed by atoms with Crippen molar-refractivity contribution in [2.45, 2.75) is 18.7 Å². The van der Waals surface area contributed by atoms with E-state index in [0.29, 0.717) is 10.3 Å². The topological polar surface area (TPSA) is 50.9 Å². The van der Waals surface area contributed by atoms with Crippen LogP contribution in [0.15, 0.2) is 29.0 Å². The molecule has 8 heteroatoms. The van der Waals surface area contributed by atoms with Gasteiger partial charge < -0.3 is 5.11 Å². The van der Waals surface area contributed by atoms with Crippen molar-refractivity contribution in [2.75, 3.05) is 0 Å². The van der Waals surface area contributed by atoms with Crippen LogP contribution in [0.25, 0.3) is 0 Å². The number of aryl methyl sites for hydroxylation is 1. The molecule has 0 radical (unpaired) electrons. The number of aromatic nitrogens is 3. The highest BCUT2D eigenvalue weighted by Crippen LogP contribution is 2.34. The molecule has 1 N–H and O–H groups in total. The van der Waals surface area contributed by atoms with Gasteiger partial charge in [-0.05, 0) is 23.8 Å². The summed E-state index contributed by atoms with van der Waals surface area (Å²) in [5, 5.41) is 14.0. The Morgan fingerprint density at radius 3 is 2.65 bits per heavy atom. The molecule has 20 heavy (non-hydrogen) atoms. The van der Waals surface area contributed by atoms with Crippen LogP contribution in [0.3, 0.4) is 0 Å². The first-order valence-electron chi connectivity index (χ1n) is 5.66. The molecule has 1 aromatic carbocycles. The molecule has 4 nitrogen and oxygen atoms in total. The Balaban J connectivity index is 2.29. The van der Waals surface area contributed by atoms with E-state index in [4.69, 9.17) is 0 Å². The number of benzene rings is 1. The number of aliphatic hydroxyl groups is 1. The molecular weight excluding hydrogens is 339 g/mol. The van der Waals surface area contributed by atoms with Crippen LogP contribution in [-0.2, 0) is 19.6 Å². The number of rotatable bonds is 3. The molecule has 2 rings (SSSR count). The van der Waals surface area contributed by atoms with E-state index in [1.165, 1.54) is 17.1 Å². The maximum absolute atomic E-state index is 12.7. The molecule has 2 aromatic rings. The van der Waals surface area contributed by atoms with Gasteiger partial charge >= 0.3 is 6.18 Å². The van der Waals surface area contributed by atoms with E-state index < -0.39 is 17.8 Å². The summed E-state index contributed by atoms with van der Waals surface area (Å²) in [6, 6.07) is 3.17. The van der Waals surface area contributed by atoms with E-state index in [2.05, 4.69) is 26.0 Å². The molecule has 1 heterocycles. The Morgan fingerprint density at radius 2 is 2.10 bits per heavy atom. The molecule has 1 unspecified atom stereocenters. The number of hydrogen-bond donors (Lipinski definition) is 1. The van der Waals surface area contributed by atoms with Gasteiger partial charge in [-0.1, -0.05) is 15.9 Å². The number of nitrogens with zero attached hydrogens (tertiary/aromatic N) is 3. The van der Waals surface area contributed by atoms with Crippen LogP contribution in [0.4, 0.5) is 13.2 Å². The Hall–Kier alpha value is -1.41. The van der Waals surface area contributed by atoms with Crippen molar-refractivity contribution in [3.8, 4) is 0 Å². The predicted molar refractivity (Wildman–Crippen MR) is 68.8 cm³/mol. The summed E-state index contributed by atoms with van der Waals surface area (Å²) in [4.78, 5) is 3.94. The van der Waals surface area contributed by atoms with Gasteiger partial charge in [0.05, 0.1) is 11.7 Å². The van der Waals surface area contributed by atoms with Gasteiger partial charge in [-0.25, -0.2) is 4.98 Å². The van der Waals surface area contributed by atoms with Crippen LogP contribution in [0.5, 0.6) is 0 Å². The lowest BCUT2D eigenvalue weighted by Crippen LogP contribution is -2.11. The smallest absolute Gasteiger partial charge is 0.388 e. The first-order valence-corrected chi connectivity index (χ1v) is 6.46. The largest absolute Gasteiger partial charge is 0.416 e. The molecule has 0 aliphatic carbocycles. The van der Waals surface area contributed by atoms with Gasteiger partial charge in [0.15, 0.2) is 0 Å². The van der Waals surface area contributed by atoms with E-state index in [-0.39, 0.29) is 12.0 Å². The molecule has 0 saturated carbocycles. The van der Waals surface area contributed by atoms with Crippen molar-refractivity contribution in [3.05, 3.63) is 46.0 Å². The molecule has 108 valence electrons. The lowest BCUT2D eigenvalue weighted by molar-refractivity contribution is -0.137. The summed E-state index contributed by atoms with van der Waals surface area (Å²) in [5.74, 6) is 0.488. The average Bonchev–Trinajstić information content (AvgIpc) is 2.74. The maximum atomic E-state index is 12.7. The molecule has 0 saturated heterocycles. The summed E-state index contributed by atoms with van der Waals surface area (Å²) in [6.45, 7) is 0. The zero-order chi connectivity index (χ0) is 14.9. The number of halogens is 4. The fraction of sp³-hybridized carbons (Fsp3) is 0.333.